The molecule has 0 spiro atoms. The molecule has 0 unspecified atom stereocenters. The summed E-state index contributed by atoms with van der Waals surface area (Å²) in [5.74, 6) is 0.798. The molecule has 1 aromatic heterocycles. The van der Waals surface area contributed by atoms with Crippen LogP contribution in [0.5, 0.6) is 0 Å². The van der Waals surface area contributed by atoms with E-state index in [0.29, 0.717) is 0 Å². The molecule has 13 heavy (non-hydrogen) atoms. The zero-order valence-corrected chi connectivity index (χ0v) is 7.60. The highest BCUT2D eigenvalue weighted by Crippen LogP contribution is 2.12. The molecule has 0 saturated heterocycles. The normalized spacial score (nSPS) is 13.5. The van der Waals surface area contributed by atoms with Gasteiger partial charge in [0, 0.05) is 0 Å². The van der Waals surface area contributed by atoms with Crippen molar-refractivity contribution in [1.29, 1.82) is 0 Å². The maximum atomic E-state index is 8.82. The first-order chi connectivity index (χ1) is 6.27. The van der Waals surface area contributed by atoms with Crippen LogP contribution in [-0.4, -0.2) is 29.5 Å². The minimum absolute atomic E-state index is 0.000648. The van der Waals surface area contributed by atoms with E-state index < -0.39 is 0 Å². The molecule has 3 N–H and O–H groups in total. The topological polar surface area (TPSA) is 65.6 Å². The van der Waals surface area contributed by atoms with Crippen molar-refractivity contribution in [3.63, 3.8) is 0 Å². The number of aliphatic hydroxyl groups is 2. The van der Waals surface area contributed by atoms with E-state index in [1.54, 1.807) is 12.3 Å². The zero-order valence-electron chi connectivity index (χ0n) is 7.60. The predicted octanol–water partition coefficient (Wildman–Crippen LogP) is 0.283. The number of hydrogen-bond donors (Lipinski definition) is 3. The van der Waals surface area contributed by atoms with Crippen LogP contribution in [0.15, 0.2) is 22.8 Å². The lowest BCUT2D eigenvalue weighted by atomic mass is 10.2. The van der Waals surface area contributed by atoms with Gasteiger partial charge < -0.3 is 19.9 Å². The minimum Gasteiger partial charge on any atom is -0.468 e. The van der Waals surface area contributed by atoms with Crippen LogP contribution in [0.25, 0.3) is 0 Å². The van der Waals surface area contributed by atoms with Crippen LogP contribution >= 0.6 is 0 Å². The molecule has 1 aromatic rings. The first-order valence-corrected chi connectivity index (χ1v) is 4.29. The van der Waals surface area contributed by atoms with Crippen molar-refractivity contribution in [3.8, 4) is 0 Å². The van der Waals surface area contributed by atoms with Gasteiger partial charge in [-0.25, -0.2) is 0 Å². The van der Waals surface area contributed by atoms with E-state index in [1.807, 2.05) is 13.0 Å². The van der Waals surface area contributed by atoms with E-state index in [0.717, 1.165) is 5.76 Å². The Morgan fingerprint density at radius 1 is 1.46 bits per heavy atom. The highest BCUT2D eigenvalue weighted by molar-refractivity contribution is 5.03. The van der Waals surface area contributed by atoms with Gasteiger partial charge in [0.05, 0.1) is 31.6 Å². The first-order valence-electron chi connectivity index (χ1n) is 4.29. The van der Waals surface area contributed by atoms with Gasteiger partial charge in [-0.05, 0) is 19.1 Å². The van der Waals surface area contributed by atoms with Crippen molar-refractivity contribution < 1.29 is 14.6 Å². The quantitative estimate of drug-likeness (QED) is 0.616. The molecule has 0 saturated carbocycles. The fourth-order valence-electron chi connectivity index (χ4n) is 1.14. The zero-order chi connectivity index (χ0) is 9.68. The Balaban J connectivity index is 2.45. The van der Waals surface area contributed by atoms with Crippen molar-refractivity contribution in [2.45, 2.75) is 19.0 Å². The van der Waals surface area contributed by atoms with Crippen LogP contribution in [0.1, 0.15) is 18.7 Å². The summed E-state index contributed by atoms with van der Waals surface area (Å²) >= 11 is 0. The fraction of sp³-hybridized carbons (Fsp3) is 0.556. The van der Waals surface area contributed by atoms with E-state index in [-0.39, 0.29) is 25.3 Å². The van der Waals surface area contributed by atoms with Crippen LogP contribution in [0.4, 0.5) is 0 Å². The Morgan fingerprint density at radius 3 is 2.62 bits per heavy atom. The molecule has 0 aromatic carbocycles. The third kappa shape index (κ3) is 2.84. The molecule has 0 fully saturated rings. The van der Waals surface area contributed by atoms with Gasteiger partial charge in [-0.1, -0.05) is 0 Å². The van der Waals surface area contributed by atoms with Crippen LogP contribution in [0.2, 0.25) is 0 Å². The third-order valence-corrected chi connectivity index (χ3v) is 1.90. The summed E-state index contributed by atoms with van der Waals surface area (Å²) in [5, 5.41) is 20.7. The SMILES string of the molecule is C[C@H](NC(CO)CO)c1ccco1. The van der Waals surface area contributed by atoms with Gasteiger partial charge in [0.2, 0.25) is 0 Å². The summed E-state index contributed by atoms with van der Waals surface area (Å²) < 4.78 is 5.16. The second-order valence-corrected chi connectivity index (χ2v) is 2.97. The van der Waals surface area contributed by atoms with Crippen LogP contribution in [0, 0.1) is 0 Å². The second kappa shape index (κ2) is 5.01. The molecule has 0 bridgehead atoms. The maximum Gasteiger partial charge on any atom is 0.120 e. The standard InChI is InChI=1S/C9H15NO3/c1-7(9-3-2-4-13-9)10-8(5-11)6-12/h2-4,7-8,10-12H,5-6H2,1H3/t7-/m0/s1. The summed E-state index contributed by atoms with van der Waals surface area (Å²) in [4.78, 5) is 0. The second-order valence-electron chi connectivity index (χ2n) is 2.97. The monoisotopic (exact) mass is 185 g/mol. The smallest absolute Gasteiger partial charge is 0.120 e. The molecule has 1 atom stereocenters. The molecule has 4 heteroatoms. The number of nitrogens with one attached hydrogen (secondary N) is 1. The van der Waals surface area contributed by atoms with Gasteiger partial charge >= 0.3 is 0 Å². The lowest BCUT2D eigenvalue weighted by molar-refractivity contribution is 0.160. The molecule has 0 amide bonds. The van der Waals surface area contributed by atoms with Gasteiger partial charge in [-0.15, -0.1) is 0 Å². The molecule has 74 valence electrons. The highest BCUT2D eigenvalue weighted by atomic mass is 16.3. The average molecular weight is 185 g/mol. The van der Waals surface area contributed by atoms with Gasteiger partial charge in [-0.2, -0.15) is 0 Å². The molecular weight excluding hydrogens is 170 g/mol. The van der Waals surface area contributed by atoms with Gasteiger partial charge in [0.25, 0.3) is 0 Å². The molecule has 1 rings (SSSR count). The van der Waals surface area contributed by atoms with Gasteiger partial charge in [0.15, 0.2) is 0 Å². The Labute approximate surface area is 77.2 Å². The molecule has 1 heterocycles. The molecule has 0 aliphatic rings. The lowest BCUT2D eigenvalue weighted by Crippen LogP contribution is -2.37. The van der Waals surface area contributed by atoms with E-state index in [2.05, 4.69) is 5.32 Å². The van der Waals surface area contributed by atoms with Gasteiger partial charge in [-0.3, -0.25) is 0 Å². The van der Waals surface area contributed by atoms with Crippen molar-refractivity contribution in [1.82, 2.24) is 5.32 Å². The van der Waals surface area contributed by atoms with E-state index in [4.69, 9.17) is 14.6 Å². The Hall–Kier alpha value is -0.840. The summed E-state index contributed by atoms with van der Waals surface area (Å²) in [5.41, 5.74) is 0. The largest absolute Gasteiger partial charge is 0.468 e. The van der Waals surface area contributed by atoms with Crippen LogP contribution in [0.3, 0.4) is 0 Å². The summed E-state index contributed by atoms with van der Waals surface area (Å²) in [7, 11) is 0. The third-order valence-electron chi connectivity index (χ3n) is 1.90. The van der Waals surface area contributed by atoms with Crippen molar-refractivity contribution >= 4 is 0 Å². The molecular formula is C9H15NO3. The number of rotatable bonds is 5. The fourth-order valence-corrected chi connectivity index (χ4v) is 1.14. The van der Waals surface area contributed by atoms with Gasteiger partial charge in [0.1, 0.15) is 5.76 Å². The molecule has 0 aliphatic heterocycles. The van der Waals surface area contributed by atoms with E-state index in [9.17, 15) is 0 Å². The predicted molar refractivity (Wildman–Crippen MR) is 48.2 cm³/mol. The first kappa shape index (κ1) is 10.2. The summed E-state index contributed by atoms with van der Waals surface area (Å²) in [6.07, 6.45) is 1.60. The summed E-state index contributed by atoms with van der Waals surface area (Å²) in [6, 6.07) is 3.36. The van der Waals surface area contributed by atoms with E-state index in [1.165, 1.54) is 0 Å². The number of hydrogen-bond acceptors (Lipinski definition) is 4. The molecule has 0 radical (unpaired) electrons. The molecule has 0 aliphatic carbocycles. The number of aliphatic hydroxyl groups excluding tert-OH is 2. The maximum absolute atomic E-state index is 8.82. The highest BCUT2D eigenvalue weighted by Gasteiger charge is 2.12. The van der Waals surface area contributed by atoms with Crippen molar-refractivity contribution in [3.05, 3.63) is 24.2 Å². The average Bonchev–Trinajstić information content (AvgIpc) is 2.66. The molecule has 4 nitrogen and oxygen atoms in total. The lowest BCUT2D eigenvalue weighted by Gasteiger charge is -2.17. The van der Waals surface area contributed by atoms with Crippen molar-refractivity contribution in [2.75, 3.05) is 13.2 Å². The Bertz CT molecular complexity index is 219. The number of furan rings is 1. The van der Waals surface area contributed by atoms with Crippen LogP contribution < -0.4 is 5.32 Å². The summed E-state index contributed by atoms with van der Waals surface area (Å²) in [6.45, 7) is 1.75. The minimum atomic E-state index is -0.292. The Kier molecular flexibility index (Phi) is 3.95. The Morgan fingerprint density at radius 2 is 2.15 bits per heavy atom. The van der Waals surface area contributed by atoms with Crippen LogP contribution in [-0.2, 0) is 0 Å². The van der Waals surface area contributed by atoms with Crippen molar-refractivity contribution in [2.24, 2.45) is 0 Å². The van der Waals surface area contributed by atoms with E-state index >= 15 is 0 Å².